The second-order valence-corrected chi connectivity index (χ2v) is 8.60. The highest BCUT2D eigenvalue weighted by molar-refractivity contribution is 9.10. The molecule has 29 heavy (non-hydrogen) atoms. The molecule has 1 N–H and O–H groups in total. The first-order chi connectivity index (χ1) is 13.9. The molecule has 1 amide bonds. The molecule has 0 saturated heterocycles. The summed E-state index contributed by atoms with van der Waals surface area (Å²) in [7, 11) is 1.62. The van der Waals surface area contributed by atoms with Gasteiger partial charge in [-0.25, -0.2) is 4.39 Å². The monoisotopic (exact) mass is 475 g/mol. The van der Waals surface area contributed by atoms with Gasteiger partial charge in [0.2, 0.25) is 11.7 Å². The number of rotatable bonds is 4. The number of para-hydroxylation sites is 1. The first kappa shape index (κ1) is 19.6. The lowest BCUT2D eigenvalue weighted by molar-refractivity contribution is -0.115. The van der Waals surface area contributed by atoms with Gasteiger partial charge < -0.3 is 5.32 Å². The van der Waals surface area contributed by atoms with Gasteiger partial charge in [-0.15, -0.1) is 10.2 Å². The zero-order chi connectivity index (χ0) is 20.7. The van der Waals surface area contributed by atoms with Crippen molar-refractivity contribution >= 4 is 56.0 Å². The molecule has 0 bridgehead atoms. The molecule has 10 heteroatoms. The van der Waals surface area contributed by atoms with Crippen molar-refractivity contribution in [3.63, 3.8) is 0 Å². The van der Waals surface area contributed by atoms with Crippen LogP contribution in [0.5, 0.6) is 0 Å². The maximum atomic E-state index is 14.0. The largest absolute Gasteiger partial charge is 0.323 e. The molecule has 0 saturated carbocycles. The molecule has 0 aliphatic heterocycles. The molecule has 2 aromatic heterocycles. The zero-order valence-corrected chi connectivity index (χ0v) is 17.8. The number of aromatic nitrogens is 4. The van der Waals surface area contributed by atoms with Crippen LogP contribution in [0.15, 0.2) is 56.9 Å². The van der Waals surface area contributed by atoms with Crippen molar-refractivity contribution in [1.29, 1.82) is 0 Å². The summed E-state index contributed by atoms with van der Waals surface area (Å²) < 4.78 is 17.8. The van der Waals surface area contributed by atoms with Crippen molar-refractivity contribution in [1.82, 2.24) is 19.2 Å². The Bertz CT molecular complexity index is 1320. The fourth-order valence-electron chi connectivity index (χ4n) is 2.92. The average molecular weight is 476 g/mol. The molecule has 0 aliphatic rings. The van der Waals surface area contributed by atoms with Crippen molar-refractivity contribution in [2.45, 2.75) is 17.3 Å². The van der Waals surface area contributed by atoms with E-state index < -0.39 is 11.1 Å². The van der Waals surface area contributed by atoms with E-state index in [1.54, 1.807) is 42.6 Å². The molecule has 0 aliphatic carbocycles. The highest BCUT2D eigenvalue weighted by Gasteiger charge is 2.21. The Hall–Kier alpha value is -2.72. The molecule has 2 heterocycles. The summed E-state index contributed by atoms with van der Waals surface area (Å²) in [6, 6.07) is 11.6. The van der Waals surface area contributed by atoms with Crippen LogP contribution < -0.4 is 10.9 Å². The lowest BCUT2D eigenvalue weighted by atomic mass is 10.2. The summed E-state index contributed by atoms with van der Waals surface area (Å²) in [5.74, 6) is -0.524. The maximum Gasteiger partial charge on any atom is 0.262 e. The number of carbonyl (C=O) groups is 1. The van der Waals surface area contributed by atoms with Crippen molar-refractivity contribution in [3.8, 4) is 0 Å². The van der Waals surface area contributed by atoms with Crippen LogP contribution in [0.4, 0.5) is 10.1 Å². The molecule has 1 unspecified atom stereocenters. The minimum Gasteiger partial charge on any atom is -0.323 e. The molecule has 148 valence electrons. The first-order valence-electron chi connectivity index (χ1n) is 8.62. The zero-order valence-electron chi connectivity index (χ0n) is 15.4. The van der Waals surface area contributed by atoms with Crippen LogP contribution in [0.25, 0.3) is 16.7 Å². The van der Waals surface area contributed by atoms with E-state index >= 15 is 0 Å². The Balaban J connectivity index is 1.67. The predicted octanol–water partition coefficient (Wildman–Crippen LogP) is 3.60. The number of hydrogen-bond donors (Lipinski definition) is 1. The molecule has 0 spiro atoms. The third-order valence-electron chi connectivity index (χ3n) is 4.44. The van der Waals surface area contributed by atoms with E-state index in [0.29, 0.717) is 26.3 Å². The number of anilines is 1. The molecule has 0 fully saturated rings. The Kier molecular flexibility index (Phi) is 5.13. The topological polar surface area (TPSA) is 81.3 Å². The van der Waals surface area contributed by atoms with Gasteiger partial charge in [-0.3, -0.25) is 18.6 Å². The molecular weight excluding hydrogens is 461 g/mol. The Morgan fingerprint density at radius 2 is 2.00 bits per heavy atom. The van der Waals surface area contributed by atoms with Crippen LogP contribution in [-0.2, 0) is 11.8 Å². The molecule has 1 atom stereocenters. The normalized spacial score (nSPS) is 12.4. The summed E-state index contributed by atoms with van der Waals surface area (Å²) in [5, 5.41) is 11.3. The van der Waals surface area contributed by atoms with Gasteiger partial charge >= 0.3 is 0 Å². The Morgan fingerprint density at radius 3 is 2.76 bits per heavy atom. The van der Waals surface area contributed by atoms with E-state index in [9.17, 15) is 14.0 Å². The van der Waals surface area contributed by atoms with E-state index in [2.05, 4.69) is 31.4 Å². The molecule has 0 radical (unpaired) electrons. The predicted molar refractivity (Wildman–Crippen MR) is 114 cm³/mol. The van der Waals surface area contributed by atoms with Crippen LogP contribution in [0, 0.1) is 5.82 Å². The molecule has 4 rings (SSSR count). The number of carbonyl (C=O) groups excluding carboxylic acids is 1. The molecule has 4 aromatic rings. The summed E-state index contributed by atoms with van der Waals surface area (Å²) >= 11 is 4.36. The van der Waals surface area contributed by atoms with E-state index in [1.807, 2.05) is 6.07 Å². The lowest BCUT2D eigenvalue weighted by Crippen LogP contribution is -2.23. The standard InChI is InChI=1S/C19H15BrFN5O2S/c1-10(16(27)22-14-8-7-11(20)9-13(14)21)29-19-24-23-18-25(2)17(28)12-5-3-4-6-15(12)26(18)19/h3-10H,1-2H3,(H,22,27). The van der Waals surface area contributed by atoms with E-state index in [4.69, 9.17) is 0 Å². The van der Waals surface area contributed by atoms with Crippen molar-refractivity contribution < 1.29 is 9.18 Å². The number of benzene rings is 2. The second kappa shape index (κ2) is 7.60. The number of hydrogen-bond acceptors (Lipinski definition) is 5. The van der Waals surface area contributed by atoms with Crippen molar-refractivity contribution in [3.05, 3.63) is 63.1 Å². The van der Waals surface area contributed by atoms with Gasteiger partial charge in [-0.05, 0) is 37.3 Å². The Morgan fingerprint density at radius 1 is 1.24 bits per heavy atom. The number of aryl methyl sites for hydroxylation is 1. The minimum absolute atomic E-state index is 0.101. The third kappa shape index (κ3) is 3.53. The van der Waals surface area contributed by atoms with E-state index in [1.165, 1.54) is 28.5 Å². The Labute approximate surface area is 177 Å². The van der Waals surface area contributed by atoms with Crippen LogP contribution in [-0.4, -0.2) is 30.3 Å². The fourth-order valence-corrected chi connectivity index (χ4v) is 4.11. The SMILES string of the molecule is CC(Sc1nnc2n(C)c(=O)c3ccccc3n12)C(=O)Nc1ccc(Br)cc1F. The highest BCUT2D eigenvalue weighted by Crippen LogP contribution is 2.26. The van der Waals surface area contributed by atoms with Gasteiger partial charge in [0, 0.05) is 11.5 Å². The van der Waals surface area contributed by atoms with Crippen molar-refractivity contribution in [2.24, 2.45) is 7.05 Å². The van der Waals surface area contributed by atoms with Gasteiger partial charge in [0.05, 0.1) is 21.8 Å². The van der Waals surface area contributed by atoms with Gasteiger partial charge in [-0.1, -0.05) is 39.8 Å². The van der Waals surface area contributed by atoms with Crippen LogP contribution in [0.2, 0.25) is 0 Å². The van der Waals surface area contributed by atoms with Crippen LogP contribution in [0.1, 0.15) is 6.92 Å². The van der Waals surface area contributed by atoms with E-state index in [0.717, 1.165) is 0 Å². The van der Waals surface area contributed by atoms with Crippen LogP contribution >= 0.6 is 27.7 Å². The quantitative estimate of drug-likeness (QED) is 0.456. The number of amides is 1. The highest BCUT2D eigenvalue weighted by atomic mass is 79.9. The number of fused-ring (bicyclic) bond motifs is 3. The third-order valence-corrected chi connectivity index (χ3v) is 5.97. The number of thioether (sulfide) groups is 1. The number of halogens is 2. The maximum absolute atomic E-state index is 14.0. The summed E-state index contributed by atoms with van der Waals surface area (Å²) in [5.41, 5.74) is 0.586. The minimum atomic E-state index is -0.582. The van der Waals surface area contributed by atoms with Gasteiger partial charge in [-0.2, -0.15) is 0 Å². The first-order valence-corrected chi connectivity index (χ1v) is 10.3. The number of nitrogens with zero attached hydrogens (tertiary/aromatic N) is 4. The van der Waals surface area contributed by atoms with Crippen LogP contribution in [0.3, 0.4) is 0 Å². The second-order valence-electron chi connectivity index (χ2n) is 6.37. The summed E-state index contributed by atoms with van der Waals surface area (Å²) in [6.45, 7) is 1.70. The van der Waals surface area contributed by atoms with E-state index in [-0.39, 0.29) is 17.2 Å². The summed E-state index contributed by atoms with van der Waals surface area (Å²) in [4.78, 5) is 25.1. The van der Waals surface area contributed by atoms with Gasteiger partial charge in [0.1, 0.15) is 5.82 Å². The van der Waals surface area contributed by atoms with Gasteiger partial charge in [0.25, 0.3) is 5.56 Å². The lowest BCUT2D eigenvalue weighted by Gasteiger charge is -2.12. The summed E-state index contributed by atoms with van der Waals surface area (Å²) in [6.07, 6.45) is 0. The molecule has 2 aromatic carbocycles. The van der Waals surface area contributed by atoms with Crippen molar-refractivity contribution in [2.75, 3.05) is 5.32 Å². The smallest absolute Gasteiger partial charge is 0.262 e. The molecule has 7 nitrogen and oxygen atoms in total. The molecular formula is C19H15BrFN5O2S. The fraction of sp³-hybridized carbons (Fsp3) is 0.158. The number of nitrogens with one attached hydrogen (secondary N) is 1. The average Bonchev–Trinajstić information content (AvgIpc) is 3.12. The van der Waals surface area contributed by atoms with Gasteiger partial charge in [0.15, 0.2) is 5.16 Å².